The molecule has 12 heteroatoms. The first-order chi connectivity index (χ1) is 15.0. The lowest BCUT2D eigenvalue weighted by atomic mass is 9.89. The summed E-state index contributed by atoms with van der Waals surface area (Å²) < 4.78 is 54.8. The molecule has 0 spiro atoms. The van der Waals surface area contributed by atoms with Gasteiger partial charge in [-0.15, -0.1) is 0 Å². The molecule has 184 valence electrons. The number of aromatic nitrogens is 1. The number of rotatable bonds is 2. The Hall–Kier alpha value is -1.82. The minimum atomic E-state index is -2.05. The SMILES string of the molecule is CC(C)(C)OC(=O)N(C(=O)OC(C)(C)C)C1=N[C@](C)(c2nc(Br)ccc2F)[C@@H](F)[C@@H](CF)S1. The van der Waals surface area contributed by atoms with Gasteiger partial charge in [0.25, 0.3) is 0 Å². The molecular weight excluding hydrogens is 527 g/mol. The maximum Gasteiger partial charge on any atom is 0.426 e. The highest BCUT2D eigenvalue weighted by Crippen LogP contribution is 2.43. The third-order valence-electron chi connectivity index (χ3n) is 4.24. The Labute approximate surface area is 203 Å². The lowest BCUT2D eigenvalue weighted by molar-refractivity contribution is 0.0149. The average Bonchev–Trinajstić information content (AvgIpc) is 2.63. The number of nitrogens with zero attached hydrogens (tertiary/aromatic N) is 3. The van der Waals surface area contributed by atoms with Crippen LogP contribution in [0, 0.1) is 5.82 Å². The van der Waals surface area contributed by atoms with Gasteiger partial charge in [0.15, 0.2) is 5.17 Å². The zero-order valence-electron chi connectivity index (χ0n) is 19.4. The summed E-state index contributed by atoms with van der Waals surface area (Å²) in [5.41, 5.74) is -4.46. The number of alkyl halides is 2. The minimum Gasteiger partial charge on any atom is -0.443 e. The summed E-state index contributed by atoms with van der Waals surface area (Å²) in [4.78, 5) is 34.6. The number of aliphatic imine (C=N–C) groups is 1. The van der Waals surface area contributed by atoms with Gasteiger partial charge in [0.05, 0.1) is 5.25 Å². The van der Waals surface area contributed by atoms with Crippen molar-refractivity contribution in [1.82, 2.24) is 9.88 Å². The molecule has 7 nitrogen and oxygen atoms in total. The van der Waals surface area contributed by atoms with Crippen LogP contribution in [0.1, 0.15) is 54.2 Å². The fraction of sp³-hybridized carbons (Fsp3) is 0.619. The van der Waals surface area contributed by atoms with Crippen LogP contribution >= 0.6 is 27.7 Å². The maximum atomic E-state index is 15.4. The number of amides is 2. The number of pyridine rings is 1. The maximum absolute atomic E-state index is 15.4. The lowest BCUT2D eigenvalue weighted by Gasteiger charge is -2.39. The summed E-state index contributed by atoms with van der Waals surface area (Å²) in [5.74, 6) is -0.878. The molecule has 33 heavy (non-hydrogen) atoms. The van der Waals surface area contributed by atoms with Gasteiger partial charge in [-0.25, -0.2) is 32.7 Å². The molecule has 0 bridgehead atoms. The number of carbonyl (C=O) groups excluding carboxylic acids is 2. The largest absolute Gasteiger partial charge is 0.443 e. The second-order valence-electron chi connectivity index (χ2n) is 9.51. The monoisotopic (exact) mass is 553 g/mol. The molecule has 0 fully saturated rings. The fourth-order valence-corrected chi connectivity index (χ4v) is 4.38. The Morgan fingerprint density at radius 3 is 2.12 bits per heavy atom. The molecule has 0 saturated heterocycles. The van der Waals surface area contributed by atoms with E-state index in [0.717, 1.165) is 6.07 Å². The summed E-state index contributed by atoms with van der Waals surface area (Å²) >= 11 is 3.63. The van der Waals surface area contributed by atoms with E-state index in [2.05, 4.69) is 25.9 Å². The lowest BCUT2D eigenvalue weighted by Crippen LogP contribution is -2.52. The molecule has 0 radical (unpaired) electrons. The Bertz CT molecular complexity index is 924. The van der Waals surface area contributed by atoms with Gasteiger partial charge in [0.1, 0.15) is 45.7 Å². The predicted octanol–water partition coefficient (Wildman–Crippen LogP) is 6.15. The van der Waals surface area contributed by atoms with Crippen LogP contribution in [0.25, 0.3) is 0 Å². The van der Waals surface area contributed by atoms with E-state index < -0.39 is 63.7 Å². The number of imide groups is 1. The topological polar surface area (TPSA) is 81.1 Å². The molecule has 2 rings (SSSR count). The van der Waals surface area contributed by atoms with Crippen LogP contribution < -0.4 is 0 Å². The number of halogens is 4. The summed E-state index contributed by atoms with van der Waals surface area (Å²) in [6.45, 7) is 9.55. The van der Waals surface area contributed by atoms with E-state index >= 15 is 4.39 Å². The fourth-order valence-electron chi connectivity index (χ4n) is 2.86. The Morgan fingerprint density at radius 1 is 1.15 bits per heavy atom. The summed E-state index contributed by atoms with van der Waals surface area (Å²) in [5, 5.41) is -1.80. The van der Waals surface area contributed by atoms with Crippen molar-refractivity contribution in [3.63, 3.8) is 0 Å². The number of hydrogen-bond acceptors (Lipinski definition) is 7. The van der Waals surface area contributed by atoms with Crippen molar-refractivity contribution >= 4 is 45.0 Å². The van der Waals surface area contributed by atoms with Gasteiger partial charge in [-0.3, -0.25) is 0 Å². The molecule has 1 aromatic heterocycles. The van der Waals surface area contributed by atoms with Gasteiger partial charge in [0, 0.05) is 0 Å². The first-order valence-corrected chi connectivity index (χ1v) is 11.7. The normalized spacial score (nSPS) is 23.5. The van der Waals surface area contributed by atoms with Crippen LogP contribution in [0.3, 0.4) is 0 Å². The first-order valence-electron chi connectivity index (χ1n) is 10.0. The quantitative estimate of drug-likeness (QED) is 0.408. The second-order valence-corrected chi connectivity index (χ2v) is 11.5. The highest BCUT2D eigenvalue weighted by Gasteiger charge is 2.51. The zero-order chi connectivity index (χ0) is 25.4. The van der Waals surface area contributed by atoms with Crippen LogP contribution in [0.15, 0.2) is 21.7 Å². The van der Waals surface area contributed by atoms with E-state index in [-0.39, 0.29) is 4.60 Å². The molecule has 2 heterocycles. The highest BCUT2D eigenvalue weighted by molar-refractivity contribution is 9.10. The number of thioether (sulfide) groups is 1. The van der Waals surface area contributed by atoms with Crippen LogP contribution in [-0.2, 0) is 15.0 Å². The van der Waals surface area contributed by atoms with E-state index in [9.17, 15) is 18.4 Å². The molecule has 1 aliphatic rings. The van der Waals surface area contributed by atoms with E-state index in [1.54, 1.807) is 41.5 Å². The van der Waals surface area contributed by atoms with Gasteiger partial charge in [-0.2, -0.15) is 4.90 Å². The van der Waals surface area contributed by atoms with Gasteiger partial charge in [0.2, 0.25) is 0 Å². The molecule has 1 aliphatic heterocycles. The van der Waals surface area contributed by atoms with Crippen molar-refractivity contribution in [3.05, 3.63) is 28.2 Å². The molecule has 0 N–H and O–H groups in total. The van der Waals surface area contributed by atoms with Crippen LogP contribution in [-0.4, -0.2) is 56.5 Å². The van der Waals surface area contributed by atoms with E-state index in [1.807, 2.05) is 0 Å². The number of ether oxygens (including phenoxy) is 2. The number of amidine groups is 1. The van der Waals surface area contributed by atoms with Gasteiger partial charge in [-0.1, -0.05) is 11.8 Å². The highest BCUT2D eigenvalue weighted by atomic mass is 79.9. The van der Waals surface area contributed by atoms with Crippen molar-refractivity contribution in [2.45, 2.75) is 76.6 Å². The predicted molar refractivity (Wildman–Crippen MR) is 123 cm³/mol. The van der Waals surface area contributed by atoms with Crippen LogP contribution in [0.4, 0.5) is 22.8 Å². The number of hydrogen-bond donors (Lipinski definition) is 0. The van der Waals surface area contributed by atoms with Gasteiger partial charge in [-0.05, 0) is 76.5 Å². The summed E-state index contributed by atoms with van der Waals surface area (Å²) in [7, 11) is 0. The molecule has 0 unspecified atom stereocenters. The van der Waals surface area contributed by atoms with Crippen molar-refractivity contribution in [3.8, 4) is 0 Å². The first kappa shape index (κ1) is 27.4. The molecule has 0 aliphatic carbocycles. The smallest absolute Gasteiger partial charge is 0.426 e. The van der Waals surface area contributed by atoms with Gasteiger partial charge < -0.3 is 9.47 Å². The summed E-state index contributed by atoms with van der Waals surface area (Å²) in [6.07, 6.45) is -4.32. The Balaban J connectivity index is 2.68. The molecule has 0 aromatic carbocycles. The molecular formula is C21H27BrF3N3O4S. The van der Waals surface area contributed by atoms with Crippen molar-refractivity contribution in [2.75, 3.05) is 6.67 Å². The van der Waals surface area contributed by atoms with E-state index in [4.69, 9.17) is 9.47 Å². The third kappa shape index (κ3) is 6.62. The van der Waals surface area contributed by atoms with Crippen molar-refractivity contribution in [1.29, 1.82) is 0 Å². The summed E-state index contributed by atoms with van der Waals surface area (Å²) in [6, 6.07) is 2.38. The van der Waals surface area contributed by atoms with Crippen molar-refractivity contribution in [2.24, 2.45) is 4.99 Å². The van der Waals surface area contributed by atoms with Crippen molar-refractivity contribution < 1.29 is 32.2 Å². The van der Waals surface area contributed by atoms with E-state index in [1.165, 1.54) is 13.0 Å². The standard InChI is InChI=1S/C21H27BrF3N3O4S/c1-19(2,3)31-17(29)28(18(30)32-20(4,5)6)16-27-21(7,14(25)12(10-23)33-16)15-11(24)8-9-13(22)26-15/h8-9,12,14H,10H2,1-7H3/t12-,14+,21+/m1/s1. The number of carbonyl (C=O) groups is 2. The second kappa shape index (κ2) is 9.81. The third-order valence-corrected chi connectivity index (χ3v) is 5.83. The average molecular weight is 554 g/mol. The van der Waals surface area contributed by atoms with Gasteiger partial charge >= 0.3 is 12.2 Å². The molecule has 1 aromatic rings. The Kier molecular flexibility index (Phi) is 8.15. The Morgan fingerprint density at radius 2 is 1.67 bits per heavy atom. The zero-order valence-corrected chi connectivity index (χ0v) is 21.8. The minimum absolute atomic E-state index is 0.204. The molecule has 2 amide bonds. The molecule has 3 atom stereocenters. The molecule has 0 saturated carbocycles. The van der Waals surface area contributed by atoms with E-state index in [0.29, 0.717) is 16.7 Å². The van der Waals surface area contributed by atoms with Crippen LogP contribution in [0.2, 0.25) is 0 Å². The van der Waals surface area contributed by atoms with Crippen LogP contribution in [0.5, 0.6) is 0 Å².